The van der Waals surface area contributed by atoms with E-state index in [1.807, 2.05) is 0 Å². The molecule has 2 amide bonds. The third-order valence-corrected chi connectivity index (χ3v) is 7.44. The summed E-state index contributed by atoms with van der Waals surface area (Å²) in [5.74, 6) is -1.80. The molecule has 35 heavy (non-hydrogen) atoms. The second kappa shape index (κ2) is 8.75. The molecule has 1 unspecified atom stereocenters. The van der Waals surface area contributed by atoms with Gasteiger partial charge in [-0.05, 0) is 56.7 Å². The Bertz CT molecular complexity index is 1230. The van der Waals surface area contributed by atoms with Crippen molar-refractivity contribution >= 4 is 17.1 Å². The van der Waals surface area contributed by atoms with Gasteiger partial charge in [-0.2, -0.15) is 0 Å². The molecule has 4 N–H and O–H groups in total. The Morgan fingerprint density at radius 1 is 1.11 bits per heavy atom. The van der Waals surface area contributed by atoms with Crippen LogP contribution in [-0.4, -0.2) is 39.4 Å². The van der Waals surface area contributed by atoms with Gasteiger partial charge in [0, 0.05) is 29.7 Å². The zero-order valence-electron chi connectivity index (χ0n) is 19.3. The molecule has 6 rings (SSSR count). The number of fused-ring (bicyclic) bond motifs is 4. The van der Waals surface area contributed by atoms with Gasteiger partial charge in [0.05, 0.1) is 29.8 Å². The summed E-state index contributed by atoms with van der Waals surface area (Å²) in [5.41, 5.74) is -0.439. The van der Waals surface area contributed by atoms with Crippen LogP contribution in [0.2, 0.25) is 0 Å². The average molecular weight is 489 g/mol. The fourth-order valence-corrected chi connectivity index (χ4v) is 5.27. The molecule has 0 aliphatic heterocycles. The number of amides is 2. The fraction of sp³-hybridized carbons (Fsp3) is 0.440. The molecular weight excluding hydrogens is 461 g/mol. The number of hydrogen-bond acceptors (Lipinski definition) is 4. The SMILES string of the molecule is COc1cc(F)c(CC(NC(=O)NC23CCC(O)(CC2)CC3)c2nc3ccc(F)cc3[nH]2)c(F)c1. The third-order valence-electron chi connectivity index (χ3n) is 7.44. The first-order chi connectivity index (χ1) is 16.7. The summed E-state index contributed by atoms with van der Waals surface area (Å²) in [6.45, 7) is 0. The van der Waals surface area contributed by atoms with Gasteiger partial charge in [0.2, 0.25) is 0 Å². The summed E-state index contributed by atoms with van der Waals surface area (Å²) in [5, 5.41) is 16.3. The number of aromatic amines is 1. The van der Waals surface area contributed by atoms with Crippen LogP contribution in [0.15, 0.2) is 30.3 Å². The molecular formula is C25H27F3N4O3. The van der Waals surface area contributed by atoms with Crippen LogP contribution in [0.3, 0.4) is 0 Å². The molecule has 1 aromatic heterocycles. The van der Waals surface area contributed by atoms with Crippen LogP contribution in [0.25, 0.3) is 11.0 Å². The number of aromatic nitrogens is 2. The zero-order valence-corrected chi connectivity index (χ0v) is 19.3. The average Bonchev–Trinajstić information content (AvgIpc) is 3.24. The number of carbonyl (C=O) groups is 1. The molecule has 0 radical (unpaired) electrons. The Morgan fingerprint density at radius 2 is 1.77 bits per heavy atom. The molecule has 3 fully saturated rings. The molecule has 3 aromatic rings. The van der Waals surface area contributed by atoms with Crippen LogP contribution in [-0.2, 0) is 6.42 Å². The smallest absolute Gasteiger partial charge is 0.315 e. The number of benzene rings is 2. The van der Waals surface area contributed by atoms with E-state index in [0.717, 1.165) is 12.1 Å². The maximum atomic E-state index is 14.7. The highest BCUT2D eigenvalue weighted by atomic mass is 19.1. The summed E-state index contributed by atoms with van der Waals surface area (Å²) in [4.78, 5) is 20.5. The lowest BCUT2D eigenvalue weighted by atomic mass is 9.63. The lowest BCUT2D eigenvalue weighted by Crippen LogP contribution is -2.60. The number of nitrogens with zero attached hydrogens (tertiary/aromatic N) is 1. The van der Waals surface area contributed by atoms with Crippen molar-refractivity contribution in [1.82, 2.24) is 20.6 Å². The number of hydrogen-bond donors (Lipinski definition) is 4. The van der Waals surface area contributed by atoms with Crippen molar-refractivity contribution in [3.63, 3.8) is 0 Å². The van der Waals surface area contributed by atoms with Crippen molar-refractivity contribution in [2.24, 2.45) is 0 Å². The van der Waals surface area contributed by atoms with Crippen LogP contribution >= 0.6 is 0 Å². The van der Waals surface area contributed by atoms with E-state index in [2.05, 4.69) is 20.6 Å². The van der Waals surface area contributed by atoms with Crippen LogP contribution in [0, 0.1) is 17.5 Å². The molecule has 3 aliphatic rings. The number of urea groups is 1. The third kappa shape index (κ3) is 4.67. The maximum Gasteiger partial charge on any atom is 0.315 e. The van der Waals surface area contributed by atoms with Crippen molar-refractivity contribution < 1.29 is 27.8 Å². The lowest BCUT2D eigenvalue weighted by molar-refractivity contribution is -0.0694. The Hall–Kier alpha value is -3.27. The van der Waals surface area contributed by atoms with E-state index < -0.39 is 40.7 Å². The van der Waals surface area contributed by atoms with Gasteiger partial charge in [-0.15, -0.1) is 0 Å². The maximum absolute atomic E-state index is 14.7. The predicted molar refractivity (Wildman–Crippen MR) is 122 cm³/mol. The van der Waals surface area contributed by atoms with Gasteiger partial charge < -0.3 is 25.5 Å². The van der Waals surface area contributed by atoms with Crippen molar-refractivity contribution in [2.75, 3.05) is 7.11 Å². The first kappa shape index (κ1) is 23.5. The highest BCUT2D eigenvalue weighted by Gasteiger charge is 2.48. The number of aliphatic hydroxyl groups is 1. The number of methoxy groups -OCH3 is 1. The number of carbonyl (C=O) groups excluding carboxylic acids is 1. The summed E-state index contributed by atoms with van der Waals surface area (Å²) in [7, 11) is 1.31. The first-order valence-corrected chi connectivity index (χ1v) is 11.7. The van der Waals surface area contributed by atoms with Crippen molar-refractivity contribution in [3.05, 3.63) is 59.2 Å². The minimum absolute atomic E-state index is 0.0406. The molecule has 0 saturated heterocycles. The van der Waals surface area contributed by atoms with Crippen LogP contribution in [0.5, 0.6) is 5.75 Å². The molecule has 3 saturated carbocycles. The standard InChI is InChI=1S/C25H27F3N4O3/c1-35-15-11-17(27)16(18(28)12-15)13-21(22-29-19-3-2-14(26)10-20(19)30-22)31-23(33)32-24-4-7-25(34,8-5-24)9-6-24/h2-3,10-12,21,34H,4-9,13H2,1H3,(H,29,30)(H2,31,32,33). The topological polar surface area (TPSA) is 99.3 Å². The molecule has 1 atom stereocenters. The van der Waals surface area contributed by atoms with E-state index in [4.69, 9.17) is 4.74 Å². The van der Waals surface area contributed by atoms with Crippen LogP contribution in [0.1, 0.15) is 56.0 Å². The van der Waals surface area contributed by atoms with E-state index in [9.17, 15) is 23.1 Å². The Balaban J connectivity index is 1.42. The monoisotopic (exact) mass is 488 g/mol. The second-order valence-electron chi connectivity index (χ2n) is 9.71. The van der Waals surface area contributed by atoms with Crippen molar-refractivity contribution in [1.29, 1.82) is 0 Å². The van der Waals surface area contributed by atoms with Crippen LogP contribution in [0.4, 0.5) is 18.0 Å². The van der Waals surface area contributed by atoms with Crippen molar-refractivity contribution in [2.45, 2.75) is 62.1 Å². The largest absolute Gasteiger partial charge is 0.497 e. The highest BCUT2D eigenvalue weighted by Crippen LogP contribution is 2.46. The Labute approximate surface area is 200 Å². The van der Waals surface area contributed by atoms with Gasteiger partial charge in [-0.3, -0.25) is 0 Å². The van der Waals surface area contributed by atoms with E-state index in [-0.39, 0.29) is 23.6 Å². The molecule has 10 heteroatoms. The normalized spacial score (nSPS) is 24.4. The summed E-state index contributed by atoms with van der Waals surface area (Å²) < 4.78 is 48.1. The van der Waals surface area contributed by atoms with E-state index in [1.165, 1.54) is 25.3 Å². The lowest BCUT2D eigenvalue weighted by Gasteiger charge is -2.51. The molecule has 3 aliphatic carbocycles. The van der Waals surface area contributed by atoms with E-state index >= 15 is 0 Å². The first-order valence-electron chi connectivity index (χ1n) is 11.7. The number of ether oxygens (including phenoxy) is 1. The Kier molecular flexibility index (Phi) is 5.86. The molecule has 2 aromatic carbocycles. The number of nitrogens with one attached hydrogen (secondary N) is 3. The van der Waals surface area contributed by atoms with Gasteiger partial charge in [-0.1, -0.05) is 0 Å². The van der Waals surface area contributed by atoms with Crippen molar-refractivity contribution in [3.8, 4) is 5.75 Å². The minimum atomic E-state index is -0.927. The van der Waals surface area contributed by atoms with Crippen LogP contribution < -0.4 is 15.4 Å². The van der Waals surface area contributed by atoms with E-state index in [0.29, 0.717) is 49.6 Å². The summed E-state index contributed by atoms with van der Waals surface area (Å²) >= 11 is 0. The van der Waals surface area contributed by atoms with Gasteiger partial charge >= 0.3 is 6.03 Å². The molecule has 1 heterocycles. The number of halogens is 3. The van der Waals surface area contributed by atoms with Gasteiger partial charge in [-0.25, -0.2) is 22.9 Å². The number of rotatable bonds is 6. The summed E-state index contributed by atoms with van der Waals surface area (Å²) in [6, 6.07) is 4.74. The summed E-state index contributed by atoms with van der Waals surface area (Å²) in [6.07, 6.45) is 3.61. The molecule has 186 valence electrons. The van der Waals surface area contributed by atoms with E-state index in [1.54, 1.807) is 0 Å². The Morgan fingerprint density at radius 3 is 2.40 bits per heavy atom. The molecule has 2 bridgehead atoms. The van der Waals surface area contributed by atoms with Gasteiger partial charge in [0.25, 0.3) is 0 Å². The zero-order chi connectivity index (χ0) is 24.8. The second-order valence-corrected chi connectivity index (χ2v) is 9.71. The number of H-pyrrole nitrogens is 1. The van der Waals surface area contributed by atoms with Gasteiger partial charge in [0.15, 0.2) is 0 Å². The predicted octanol–water partition coefficient (Wildman–Crippen LogP) is 4.41. The fourth-order valence-electron chi connectivity index (χ4n) is 5.27. The minimum Gasteiger partial charge on any atom is -0.497 e. The van der Waals surface area contributed by atoms with Gasteiger partial charge in [0.1, 0.15) is 29.0 Å². The highest BCUT2D eigenvalue weighted by molar-refractivity contribution is 5.77. The molecule has 7 nitrogen and oxygen atoms in total. The molecule has 0 spiro atoms. The quantitative estimate of drug-likeness (QED) is 0.413. The number of imidazole rings is 1.